The average Bonchev–Trinajstić information content (AvgIpc) is 2.40. The molecule has 0 bridgehead atoms. The molecule has 2 saturated heterocycles. The smallest absolute Gasteiger partial charge is 0.305 e. The number of phenolic OH excluding ortho intramolecular Hbond substituents is 1. The molecule has 2 aliphatic rings. The van der Waals surface area contributed by atoms with E-state index in [-0.39, 0.29) is 63.3 Å². The van der Waals surface area contributed by atoms with Crippen LogP contribution in [0.15, 0.2) is 59.6 Å². The number of guanidine groups is 1. The van der Waals surface area contributed by atoms with E-state index in [1.807, 2.05) is 0 Å². The highest BCUT2D eigenvalue weighted by Crippen LogP contribution is 2.27. The number of carbonyl (C=O) groups excluding carboxylic acids is 13. The Hall–Kier alpha value is -9.25. The number of aromatic hydroxyl groups is 1. The molecule has 2 heterocycles. The molecule has 0 spiro atoms. The fourth-order valence-electron chi connectivity index (χ4n) is 9.12. The van der Waals surface area contributed by atoms with E-state index in [2.05, 4.69) is 52.8 Å². The number of nitrogens with zero attached hydrogens (tertiary/aromatic N) is 2. The largest absolute Gasteiger partial charge is 0.508 e. The Balaban J connectivity index is 1.88. The first-order valence-electron chi connectivity index (χ1n) is 28.5. The van der Waals surface area contributed by atoms with E-state index in [1.54, 1.807) is 44.2 Å². The van der Waals surface area contributed by atoms with E-state index in [9.17, 15) is 77.3 Å². The number of nitrogens with one attached hydrogen (secondary N) is 9. The van der Waals surface area contributed by atoms with Gasteiger partial charge in [-0.1, -0.05) is 77.9 Å². The van der Waals surface area contributed by atoms with Crippen molar-refractivity contribution in [3.63, 3.8) is 0 Å². The Morgan fingerprint density at radius 2 is 1.26 bits per heavy atom. The third-order valence-electron chi connectivity index (χ3n) is 14.0. The zero-order valence-electron chi connectivity index (χ0n) is 49.4. The summed E-state index contributed by atoms with van der Waals surface area (Å²) in [6, 6.07) is -2.47. The lowest BCUT2D eigenvalue weighted by molar-refractivity contribution is -0.142. The Morgan fingerprint density at radius 3 is 1.84 bits per heavy atom. The SMILES string of the molecule is CC(C)[C@H](N)C(=O)N[C@@H](CC(=O)O)C(=O)N[C@H]1CSSC[C@@H](C(=O)N2CCC[C@H]2C(=O)N[C@@H](CCCN=C(N)N)C(=O)NCC(N)=O)NC(=O)[C@H](CC(N)=O)NC(=O)[C@H](CCC(N)=O)NC(=O)[C@H](Cc2ccccc2)NC(=O)[C@H](Cc2ccc(O)cc2)NC1=O. The summed E-state index contributed by atoms with van der Waals surface area (Å²) in [6.07, 6.45) is -3.31. The second-order valence-corrected chi connectivity index (χ2v) is 24.0. The highest BCUT2D eigenvalue weighted by Gasteiger charge is 2.41. The molecule has 492 valence electrons. The van der Waals surface area contributed by atoms with E-state index in [4.69, 9.17) is 34.4 Å². The molecule has 0 unspecified atom stereocenters. The minimum Gasteiger partial charge on any atom is -0.508 e. The maximum Gasteiger partial charge on any atom is 0.305 e. The van der Waals surface area contributed by atoms with Gasteiger partial charge >= 0.3 is 5.97 Å². The quantitative estimate of drug-likeness (QED) is 0.0180. The first-order chi connectivity index (χ1) is 42.5. The summed E-state index contributed by atoms with van der Waals surface area (Å²) < 4.78 is 0. The van der Waals surface area contributed by atoms with Crippen LogP contribution in [0.1, 0.15) is 76.3 Å². The second kappa shape index (κ2) is 36.3. The lowest BCUT2D eigenvalue weighted by Gasteiger charge is -2.31. The molecule has 2 fully saturated rings. The van der Waals surface area contributed by atoms with Crippen molar-refractivity contribution in [2.45, 2.75) is 138 Å². The summed E-state index contributed by atoms with van der Waals surface area (Å²) in [7, 11) is 1.58. The van der Waals surface area contributed by atoms with Gasteiger partial charge in [0.05, 0.1) is 25.4 Å². The summed E-state index contributed by atoms with van der Waals surface area (Å²) in [5.74, 6) is -16.6. The fourth-order valence-corrected chi connectivity index (χ4v) is 11.4. The van der Waals surface area contributed by atoms with Crippen LogP contribution in [0.5, 0.6) is 5.75 Å². The second-order valence-electron chi connectivity index (χ2n) is 21.5. The zero-order valence-corrected chi connectivity index (χ0v) is 51.1. The molecule has 23 N–H and O–H groups in total. The lowest BCUT2D eigenvalue weighted by Crippen LogP contribution is -2.62. The third-order valence-corrected chi connectivity index (χ3v) is 16.4. The normalized spacial score (nSPS) is 21.4. The van der Waals surface area contributed by atoms with Gasteiger partial charge in [0.15, 0.2) is 5.96 Å². The van der Waals surface area contributed by atoms with E-state index in [0.29, 0.717) is 11.1 Å². The number of rotatable bonds is 26. The van der Waals surface area contributed by atoms with Gasteiger partial charge in [0.25, 0.3) is 0 Å². The minimum absolute atomic E-state index is 0.0176. The molecule has 0 radical (unpaired) electrons. The number of carboxylic acids is 1. The molecule has 35 heteroatoms. The van der Waals surface area contributed by atoms with Crippen molar-refractivity contribution in [2.24, 2.45) is 45.3 Å². The van der Waals surface area contributed by atoms with Crippen LogP contribution in [-0.4, -0.2) is 195 Å². The van der Waals surface area contributed by atoms with Gasteiger partial charge in [0.2, 0.25) is 76.8 Å². The Morgan fingerprint density at radius 1 is 0.678 bits per heavy atom. The number of amides is 13. The number of hydrogen-bond donors (Lipinski definition) is 17. The zero-order chi connectivity index (χ0) is 66.8. The number of primary amides is 3. The summed E-state index contributed by atoms with van der Waals surface area (Å²) in [6.45, 7) is 2.53. The number of hydrogen-bond acceptors (Lipinski definition) is 19. The maximum atomic E-state index is 15.0. The predicted octanol–water partition coefficient (Wildman–Crippen LogP) is -6.30. The van der Waals surface area contributed by atoms with Gasteiger partial charge in [-0.15, -0.1) is 0 Å². The van der Waals surface area contributed by atoms with E-state index >= 15 is 0 Å². The highest BCUT2D eigenvalue weighted by molar-refractivity contribution is 8.76. The standard InChI is InChI=1S/C55H79N17O16S2/c1-27(2)44(59)53(87)69-36(23-43(77)78)50(84)70-37-25-89-90-26-38(54(88)72-19-7-11-39(72)52(86)65-31(10-6-18-62-55(60)61)45(79)63-24-42(58)76)71-49(83)35(22-41(57)75)68-46(80)32(16-17-40(56)74)64-47(81)33(20-28-8-4-3-5-9-28)66-48(82)34(67-51(37)85)21-29-12-14-30(73)15-13-29/h3-5,8-9,12-15,27,31-39,44,73H,6-7,10-11,16-26,59H2,1-2H3,(H2,56,74)(H2,57,75)(H2,58,76)(H,63,79)(H,64,81)(H,65,86)(H,66,82)(H,67,85)(H,68,80)(H,69,87)(H,70,84)(H,71,83)(H,77,78)(H4,60,61,62)/t31-,32-,33-,34-,35-,36-,37-,38-,39-,44-/m0/s1. The average molecular weight is 1300 g/mol. The highest BCUT2D eigenvalue weighted by atomic mass is 33.1. The summed E-state index contributed by atoms with van der Waals surface area (Å²) in [5, 5.41) is 42.2. The van der Waals surface area contributed by atoms with Crippen LogP contribution in [0.4, 0.5) is 0 Å². The number of phenols is 1. The Kier molecular flexibility index (Phi) is 29.5. The van der Waals surface area contributed by atoms with Gasteiger partial charge in [-0.3, -0.25) is 72.1 Å². The topological polar surface area (TPSA) is 559 Å². The van der Waals surface area contributed by atoms with Gasteiger partial charge in [-0.25, -0.2) is 0 Å². The molecular weight excluding hydrogens is 1220 g/mol. The van der Waals surface area contributed by atoms with Crippen LogP contribution >= 0.6 is 21.6 Å². The molecule has 2 aromatic rings. The number of likely N-dealkylation sites (tertiary alicyclic amines) is 1. The van der Waals surface area contributed by atoms with Gasteiger partial charge < -0.3 is 97.4 Å². The van der Waals surface area contributed by atoms with E-state index in [0.717, 1.165) is 26.5 Å². The minimum atomic E-state index is -1.92. The van der Waals surface area contributed by atoms with Crippen molar-refractivity contribution in [3.05, 3.63) is 65.7 Å². The molecule has 0 aliphatic carbocycles. The van der Waals surface area contributed by atoms with Crippen molar-refractivity contribution in [1.29, 1.82) is 0 Å². The van der Waals surface area contributed by atoms with E-state index < -0.39 is 193 Å². The molecule has 33 nitrogen and oxygen atoms in total. The lowest BCUT2D eigenvalue weighted by atomic mass is 10.0. The number of aliphatic imine (C=N–C) groups is 1. The third kappa shape index (κ3) is 24.7. The molecule has 4 rings (SSSR count). The summed E-state index contributed by atoms with van der Waals surface area (Å²) in [5.41, 5.74) is 34.0. The van der Waals surface area contributed by atoms with Crippen molar-refractivity contribution in [3.8, 4) is 5.75 Å². The van der Waals surface area contributed by atoms with Gasteiger partial charge in [-0.05, 0) is 61.3 Å². The fraction of sp³-hybridized carbons (Fsp3) is 0.509. The Bertz CT molecular complexity index is 2960. The van der Waals surface area contributed by atoms with Gasteiger partial charge in [0, 0.05) is 43.9 Å². The van der Waals surface area contributed by atoms with Crippen LogP contribution in [-0.2, 0) is 80.0 Å². The summed E-state index contributed by atoms with van der Waals surface area (Å²) in [4.78, 5) is 196. The van der Waals surface area contributed by atoms with Gasteiger partial charge in [-0.2, -0.15) is 0 Å². The molecule has 0 saturated carbocycles. The predicted molar refractivity (Wildman–Crippen MR) is 326 cm³/mol. The van der Waals surface area contributed by atoms with Crippen molar-refractivity contribution < 1.29 is 77.3 Å². The molecule has 90 heavy (non-hydrogen) atoms. The number of nitrogens with two attached hydrogens (primary N) is 6. The first kappa shape index (κ1) is 73.2. The molecule has 2 aromatic carbocycles. The summed E-state index contributed by atoms with van der Waals surface area (Å²) >= 11 is 0. The molecule has 0 aromatic heterocycles. The van der Waals surface area contributed by atoms with E-state index in [1.165, 1.54) is 24.3 Å². The maximum absolute atomic E-state index is 15.0. The molecule has 10 atom stereocenters. The number of carbonyl (C=O) groups is 14. The van der Waals surface area contributed by atoms with Crippen LogP contribution in [0, 0.1) is 5.92 Å². The van der Waals surface area contributed by atoms with Crippen LogP contribution in [0.2, 0.25) is 0 Å². The molecular formula is C55H79N17O16S2. The van der Waals surface area contributed by atoms with Crippen molar-refractivity contribution in [1.82, 2.24) is 52.8 Å². The number of benzene rings is 2. The van der Waals surface area contributed by atoms with Crippen LogP contribution in [0.25, 0.3) is 0 Å². The number of carboxylic acid groups (broad SMARTS) is 1. The van der Waals surface area contributed by atoms with Gasteiger partial charge in [0.1, 0.15) is 60.1 Å². The van der Waals surface area contributed by atoms with Crippen LogP contribution in [0.3, 0.4) is 0 Å². The number of aliphatic carboxylic acids is 1. The van der Waals surface area contributed by atoms with Crippen LogP contribution < -0.4 is 82.3 Å². The van der Waals surface area contributed by atoms with Crippen molar-refractivity contribution in [2.75, 3.05) is 31.1 Å². The monoisotopic (exact) mass is 1300 g/mol. The van der Waals surface area contributed by atoms with Crippen molar-refractivity contribution >= 4 is 110 Å². The molecule has 2 aliphatic heterocycles. The first-order valence-corrected chi connectivity index (χ1v) is 31.0. The molecule has 13 amide bonds. The Labute approximate surface area is 524 Å².